The Hall–Kier alpha value is -1.16. The average molecular weight is 195 g/mol. The molecule has 0 aliphatic rings. The van der Waals surface area contributed by atoms with E-state index >= 15 is 0 Å². The smallest absolute Gasteiger partial charge is 0.254 e. The largest absolute Gasteiger partial charge is 0.321 e. The average Bonchev–Trinajstić information content (AvgIpc) is 2.16. The molecule has 0 amide bonds. The molecule has 0 spiro atoms. The van der Waals surface area contributed by atoms with Crippen LogP contribution in [0.25, 0.3) is 0 Å². The second kappa shape index (κ2) is 4.37. The van der Waals surface area contributed by atoms with Crippen LogP contribution >= 0.6 is 0 Å². The number of hydrogen-bond acceptors (Lipinski definition) is 3. The third-order valence-corrected chi connectivity index (χ3v) is 2.39. The van der Waals surface area contributed by atoms with Gasteiger partial charge in [-0.15, -0.1) is 0 Å². The number of hydrogen-bond donors (Lipinski definition) is 2. The first kappa shape index (κ1) is 10.9. The van der Waals surface area contributed by atoms with Crippen LogP contribution in [0.15, 0.2) is 4.79 Å². The van der Waals surface area contributed by atoms with Crippen LogP contribution in [0.2, 0.25) is 0 Å². The van der Waals surface area contributed by atoms with E-state index in [4.69, 9.17) is 5.73 Å². The number of nitrogens with one attached hydrogen (secondary N) is 1. The van der Waals surface area contributed by atoms with Gasteiger partial charge in [-0.2, -0.15) is 0 Å². The fourth-order valence-electron chi connectivity index (χ4n) is 1.42. The molecule has 0 radical (unpaired) electrons. The molecule has 0 aromatic carbocycles. The van der Waals surface area contributed by atoms with Crippen LogP contribution in [0.1, 0.15) is 43.4 Å². The van der Waals surface area contributed by atoms with Gasteiger partial charge < -0.3 is 10.7 Å². The predicted molar refractivity (Wildman–Crippen MR) is 56.2 cm³/mol. The monoisotopic (exact) mass is 195 g/mol. The number of aromatic nitrogens is 2. The fraction of sp³-hybridized carbons (Fsp3) is 0.600. The number of aryl methyl sites for hydroxylation is 1. The molecule has 1 aromatic heterocycles. The van der Waals surface area contributed by atoms with E-state index in [1.165, 1.54) is 0 Å². The Balaban J connectivity index is 3.21. The Kier molecular flexibility index (Phi) is 3.41. The maximum absolute atomic E-state index is 11.6. The van der Waals surface area contributed by atoms with Gasteiger partial charge in [0.15, 0.2) is 0 Å². The molecule has 1 unspecified atom stereocenters. The molecule has 78 valence electrons. The van der Waals surface area contributed by atoms with Crippen LogP contribution in [-0.4, -0.2) is 9.97 Å². The number of H-pyrrole nitrogens is 1. The summed E-state index contributed by atoms with van der Waals surface area (Å²) in [6, 6.07) is -0.174. The van der Waals surface area contributed by atoms with Crippen molar-refractivity contribution in [2.75, 3.05) is 0 Å². The zero-order chi connectivity index (χ0) is 10.7. The van der Waals surface area contributed by atoms with Crippen molar-refractivity contribution in [3.8, 4) is 0 Å². The zero-order valence-electron chi connectivity index (χ0n) is 8.92. The number of nitrogens with two attached hydrogens (primary N) is 1. The summed E-state index contributed by atoms with van der Waals surface area (Å²) in [6.45, 7) is 5.76. The molecular weight excluding hydrogens is 178 g/mol. The number of rotatable bonds is 3. The van der Waals surface area contributed by atoms with Crippen LogP contribution in [-0.2, 0) is 6.42 Å². The lowest BCUT2D eigenvalue weighted by molar-refractivity contribution is 0.638. The van der Waals surface area contributed by atoms with Crippen molar-refractivity contribution in [2.24, 2.45) is 5.73 Å². The molecule has 0 fully saturated rings. The highest BCUT2D eigenvalue weighted by Crippen LogP contribution is 2.08. The maximum Gasteiger partial charge on any atom is 0.254 e. The normalized spacial score (nSPS) is 12.9. The summed E-state index contributed by atoms with van der Waals surface area (Å²) in [7, 11) is 0. The highest BCUT2D eigenvalue weighted by Gasteiger charge is 2.10. The minimum Gasteiger partial charge on any atom is -0.321 e. The molecular formula is C10H17N3O. The van der Waals surface area contributed by atoms with Gasteiger partial charge in [0.2, 0.25) is 0 Å². The van der Waals surface area contributed by atoms with Crippen molar-refractivity contribution >= 4 is 0 Å². The third kappa shape index (κ3) is 2.01. The highest BCUT2D eigenvalue weighted by atomic mass is 16.1. The summed E-state index contributed by atoms with van der Waals surface area (Å²) in [5.41, 5.74) is 7.27. The van der Waals surface area contributed by atoms with Crippen LogP contribution < -0.4 is 11.3 Å². The van der Waals surface area contributed by atoms with E-state index in [0.29, 0.717) is 12.2 Å². The Labute approximate surface area is 83.6 Å². The second-order valence-corrected chi connectivity index (χ2v) is 3.38. The van der Waals surface area contributed by atoms with Crippen LogP contribution in [0, 0.1) is 6.92 Å². The van der Waals surface area contributed by atoms with Crippen LogP contribution in [0.4, 0.5) is 0 Å². The predicted octanol–water partition coefficient (Wildman–Crippen LogP) is 1.05. The number of aromatic amines is 1. The van der Waals surface area contributed by atoms with Gasteiger partial charge in [-0.05, 0) is 19.8 Å². The molecule has 1 aromatic rings. The quantitative estimate of drug-likeness (QED) is 0.757. The van der Waals surface area contributed by atoms with E-state index in [-0.39, 0.29) is 11.6 Å². The zero-order valence-corrected chi connectivity index (χ0v) is 8.92. The maximum atomic E-state index is 11.6. The third-order valence-electron chi connectivity index (χ3n) is 2.39. The number of nitrogens with zero attached hydrogens (tertiary/aromatic N) is 1. The van der Waals surface area contributed by atoms with Gasteiger partial charge in [0.25, 0.3) is 5.56 Å². The first-order chi connectivity index (χ1) is 6.60. The molecule has 3 N–H and O–H groups in total. The fourth-order valence-corrected chi connectivity index (χ4v) is 1.42. The molecule has 0 aliphatic carbocycles. The lowest BCUT2D eigenvalue weighted by Crippen LogP contribution is -2.23. The van der Waals surface area contributed by atoms with Gasteiger partial charge in [0.05, 0.1) is 6.04 Å². The molecule has 0 saturated heterocycles. The molecule has 4 nitrogen and oxygen atoms in total. The van der Waals surface area contributed by atoms with Gasteiger partial charge in [-0.3, -0.25) is 4.79 Å². The summed E-state index contributed by atoms with van der Waals surface area (Å²) in [6.07, 6.45) is 1.48. The Morgan fingerprint density at radius 2 is 2.14 bits per heavy atom. The molecule has 14 heavy (non-hydrogen) atoms. The van der Waals surface area contributed by atoms with E-state index in [1.807, 2.05) is 20.8 Å². The SMILES string of the molecule is CCc1c(C)nc(C(N)CC)[nH]c1=O. The standard InChI is InChI=1S/C10H17N3O/c1-4-7-6(3)12-9(8(11)5-2)13-10(7)14/h8H,4-5,11H2,1-3H3,(H,12,13,14). The molecule has 1 atom stereocenters. The lowest BCUT2D eigenvalue weighted by atomic mass is 10.1. The van der Waals surface area contributed by atoms with Gasteiger partial charge in [-0.1, -0.05) is 13.8 Å². The molecule has 4 heteroatoms. The summed E-state index contributed by atoms with van der Waals surface area (Å²) < 4.78 is 0. The van der Waals surface area contributed by atoms with E-state index in [9.17, 15) is 4.79 Å². The highest BCUT2D eigenvalue weighted by molar-refractivity contribution is 5.17. The summed E-state index contributed by atoms with van der Waals surface area (Å²) in [5, 5.41) is 0. The van der Waals surface area contributed by atoms with E-state index < -0.39 is 0 Å². The summed E-state index contributed by atoms with van der Waals surface area (Å²) >= 11 is 0. The van der Waals surface area contributed by atoms with Crippen molar-refractivity contribution in [1.82, 2.24) is 9.97 Å². The van der Waals surface area contributed by atoms with Crippen LogP contribution in [0.5, 0.6) is 0 Å². The first-order valence-electron chi connectivity index (χ1n) is 4.95. The van der Waals surface area contributed by atoms with Crippen molar-refractivity contribution < 1.29 is 0 Å². The molecule has 0 aliphatic heterocycles. The molecule has 0 saturated carbocycles. The van der Waals surface area contributed by atoms with Crippen LogP contribution in [0.3, 0.4) is 0 Å². The van der Waals surface area contributed by atoms with Crippen molar-refractivity contribution in [3.63, 3.8) is 0 Å². The Morgan fingerprint density at radius 3 is 2.57 bits per heavy atom. The van der Waals surface area contributed by atoms with Crippen molar-refractivity contribution in [1.29, 1.82) is 0 Å². The van der Waals surface area contributed by atoms with Gasteiger partial charge in [0, 0.05) is 11.3 Å². The minimum absolute atomic E-state index is 0.0566. The molecule has 1 heterocycles. The summed E-state index contributed by atoms with van der Waals surface area (Å²) in [5.74, 6) is 0.590. The van der Waals surface area contributed by atoms with Crippen molar-refractivity contribution in [3.05, 3.63) is 27.4 Å². The van der Waals surface area contributed by atoms with Gasteiger partial charge in [-0.25, -0.2) is 4.98 Å². The Morgan fingerprint density at radius 1 is 1.50 bits per heavy atom. The van der Waals surface area contributed by atoms with E-state index in [0.717, 1.165) is 17.7 Å². The summed E-state index contributed by atoms with van der Waals surface area (Å²) in [4.78, 5) is 18.6. The van der Waals surface area contributed by atoms with Gasteiger partial charge in [0.1, 0.15) is 5.82 Å². The molecule has 0 bridgehead atoms. The first-order valence-corrected chi connectivity index (χ1v) is 4.95. The van der Waals surface area contributed by atoms with Gasteiger partial charge >= 0.3 is 0 Å². The molecule has 1 rings (SSSR count). The van der Waals surface area contributed by atoms with E-state index in [2.05, 4.69) is 9.97 Å². The minimum atomic E-state index is -0.174. The van der Waals surface area contributed by atoms with Crippen molar-refractivity contribution in [2.45, 2.75) is 39.7 Å². The Bertz CT molecular complexity index is 370. The second-order valence-electron chi connectivity index (χ2n) is 3.38. The lowest BCUT2D eigenvalue weighted by Gasteiger charge is -2.10. The topological polar surface area (TPSA) is 71.8 Å². The van der Waals surface area contributed by atoms with E-state index in [1.54, 1.807) is 0 Å².